The van der Waals surface area contributed by atoms with Gasteiger partial charge in [-0.05, 0) is 36.9 Å². The van der Waals surface area contributed by atoms with Crippen LogP contribution < -0.4 is 5.73 Å². The van der Waals surface area contributed by atoms with Crippen LogP contribution in [0.4, 0.5) is 0 Å². The third-order valence-corrected chi connectivity index (χ3v) is 3.97. The fraction of sp³-hybridized carbons (Fsp3) is 0.500. The van der Waals surface area contributed by atoms with E-state index in [-0.39, 0.29) is 0 Å². The molecule has 1 atom stereocenters. The minimum atomic E-state index is 0.436. The van der Waals surface area contributed by atoms with Crippen molar-refractivity contribution in [1.82, 2.24) is 4.98 Å². The van der Waals surface area contributed by atoms with Crippen LogP contribution in [0.5, 0.6) is 0 Å². The molecule has 1 heterocycles. The zero-order valence-corrected chi connectivity index (χ0v) is 11.9. The van der Waals surface area contributed by atoms with Gasteiger partial charge in [0, 0.05) is 22.5 Å². The Bertz CT molecular complexity index is 537. The van der Waals surface area contributed by atoms with Gasteiger partial charge in [0.25, 0.3) is 0 Å². The quantitative estimate of drug-likeness (QED) is 0.845. The smallest absolute Gasteiger partial charge is 0.0491 e. The Morgan fingerprint density at radius 3 is 2.56 bits per heavy atom. The predicted octanol–water partition coefficient (Wildman–Crippen LogP) is 3.74. The number of nitrogens with two attached hydrogens (primary N) is 1. The van der Waals surface area contributed by atoms with Gasteiger partial charge in [-0.3, -0.25) is 0 Å². The standard InChI is InChI=1S/C16H24N2/c1-5-12-7-6-8-13-15(11(4)18-16(12)13)14(9-17)10(2)3/h6-8,10,14,18H,5,9,17H2,1-4H3. The SMILES string of the molecule is CCc1cccc2c(C(CN)C(C)C)c(C)[nH]c12. The molecule has 0 spiro atoms. The van der Waals surface area contributed by atoms with Crippen molar-refractivity contribution in [2.75, 3.05) is 6.54 Å². The molecule has 0 aliphatic heterocycles. The Kier molecular flexibility index (Phi) is 3.76. The van der Waals surface area contributed by atoms with Gasteiger partial charge in [-0.2, -0.15) is 0 Å². The zero-order chi connectivity index (χ0) is 13.3. The first kappa shape index (κ1) is 13.2. The number of fused-ring (bicyclic) bond motifs is 1. The third-order valence-electron chi connectivity index (χ3n) is 3.97. The van der Waals surface area contributed by atoms with E-state index in [9.17, 15) is 0 Å². The van der Waals surface area contributed by atoms with Gasteiger partial charge in [0.15, 0.2) is 0 Å². The second kappa shape index (κ2) is 5.15. The summed E-state index contributed by atoms with van der Waals surface area (Å²) in [4.78, 5) is 3.56. The molecular weight excluding hydrogens is 220 g/mol. The average molecular weight is 244 g/mol. The van der Waals surface area contributed by atoms with Gasteiger partial charge in [-0.1, -0.05) is 39.0 Å². The van der Waals surface area contributed by atoms with Gasteiger partial charge in [-0.15, -0.1) is 0 Å². The lowest BCUT2D eigenvalue weighted by Gasteiger charge is -2.19. The maximum absolute atomic E-state index is 5.98. The average Bonchev–Trinajstić information content (AvgIpc) is 2.67. The first-order valence-electron chi connectivity index (χ1n) is 6.90. The van der Waals surface area contributed by atoms with Crippen LogP contribution >= 0.6 is 0 Å². The van der Waals surface area contributed by atoms with Crippen molar-refractivity contribution in [1.29, 1.82) is 0 Å². The summed E-state index contributed by atoms with van der Waals surface area (Å²) in [7, 11) is 0. The molecule has 0 aliphatic rings. The van der Waals surface area contributed by atoms with Crippen LogP contribution in [-0.4, -0.2) is 11.5 Å². The molecule has 0 radical (unpaired) electrons. The van der Waals surface area contributed by atoms with Gasteiger partial charge in [0.05, 0.1) is 0 Å². The number of H-pyrrole nitrogens is 1. The molecule has 0 saturated carbocycles. The second-order valence-corrected chi connectivity index (χ2v) is 5.44. The summed E-state index contributed by atoms with van der Waals surface area (Å²) in [6.45, 7) is 9.58. The van der Waals surface area contributed by atoms with Crippen molar-refractivity contribution >= 4 is 10.9 Å². The second-order valence-electron chi connectivity index (χ2n) is 5.44. The summed E-state index contributed by atoms with van der Waals surface area (Å²) in [5, 5.41) is 1.36. The number of hydrogen-bond donors (Lipinski definition) is 2. The van der Waals surface area contributed by atoms with E-state index >= 15 is 0 Å². The molecule has 1 aromatic carbocycles. The number of aryl methyl sites for hydroxylation is 2. The first-order valence-corrected chi connectivity index (χ1v) is 6.90. The van der Waals surface area contributed by atoms with E-state index in [1.54, 1.807) is 0 Å². The summed E-state index contributed by atoms with van der Waals surface area (Å²) >= 11 is 0. The van der Waals surface area contributed by atoms with Crippen molar-refractivity contribution in [3.63, 3.8) is 0 Å². The van der Waals surface area contributed by atoms with E-state index in [0.717, 1.165) is 6.42 Å². The summed E-state index contributed by atoms with van der Waals surface area (Å²) in [6.07, 6.45) is 1.06. The minimum absolute atomic E-state index is 0.436. The lowest BCUT2D eigenvalue weighted by atomic mass is 9.86. The molecule has 2 rings (SSSR count). The summed E-state index contributed by atoms with van der Waals surface area (Å²) < 4.78 is 0. The van der Waals surface area contributed by atoms with Crippen LogP contribution in [0, 0.1) is 12.8 Å². The molecule has 0 amide bonds. The van der Waals surface area contributed by atoms with Crippen molar-refractivity contribution in [3.8, 4) is 0 Å². The Morgan fingerprint density at radius 2 is 2.00 bits per heavy atom. The number of rotatable bonds is 4. The summed E-state index contributed by atoms with van der Waals surface area (Å²) in [5.74, 6) is 1.00. The molecule has 2 nitrogen and oxygen atoms in total. The van der Waals surface area contributed by atoms with Crippen molar-refractivity contribution in [3.05, 3.63) is 35.0 Å². The van der Waals surface area contributed by atoms with Crippen LogP contribution in [0.2, 0.25) is 0 Å². The molecule has 18 heavy (non-hydrogen) atoms. The molecular formula is C16H24N2. The Morgan fingerprint density at radius 1 is 1.28 bits per heavy atom. The molecule has 1 aromatic heterocycles. The third kappa shape index (κ3) is 2.05. The Balaban J connectivity index is 2.67. The highest BCUT2D eigenvalue weighted by Crippen LogP contribution is 2.34. The fourth-order valence-electron chi connectivity index (χ4n) is 2.92. The van der Waals surface area contributed by atoms with Gasteiger partial charge < -0.3 is 10.7 Å². The van der Waals surface area contributed by atoms with E-state index in [1.807, 2.05) is 0 Å². The van der Waals surface area contributed by atoms with Crippen LogP contribution in [0.3, 0.4) is 0 Å². The number of aromatic amines is 1. The summed E-state index contributed by atoms with van der Waals surface area (Å²) in [6, 6.07) is 6.58. The maximum Gasteiger partial charge on any atom is 0.0491 e. The van der Waals surface area contributed by atoms with Gasteiger partial charge >= 0.3 is 0 Å². The zero-order valence-electron chi connectivity index (χ0n) is 11.9. The van der Waals surface area contributed by atoms with Crippen LogP contribution in [0.15, 0.2) is 18.2 Å². The molecule has 0 bridgehead atoms. The highest BCUT2D eigenvalue weighted by molar-refractivity contribution is 5.88. The van der Waals surface area contributed by atoms with Crippen molar-refractivity contribution in [2.45, 2.75) is 40.0 Å². The van der Waals surface area contributed by atoms with Crippen molar-refractivity contribution < 1.29 is 0 Å². The Labute approximate surface area is 110 Å². The largest absolute Gasteiger partial charge is 0.358 e. The van der Waals surface area contributed by atoms with Crippen molar-refractivity contribution in [2.24, 2.45) is 11.7 Å². The predicted molar refractivity (Wildman–Crippen MR) is 79.0 cm³/mol. The van der Waals surface area contributed by atoms with E-state index in [0.29, 0.717) is 18.4 Å². The number of aromatic nitrogens is 1. The molecule has 0 aliphatic carbocycles. The number of benzene rings is 1. The van der Waals surface area contributed by atoms with Gasteiger partial charge in [-0.25, -0.2) is 0 Å². The van der Waals surface area contributed by atoms with E-state index in [4.69, 9.17) is 5.73 Å². The van der Waals surface area contributed by atoms with Crippen LogP contribution in [0.25, 0.3) is 10.9 Å². The Hall–Kier alpha value is -1.28. The topological polar surface area (TPSA) is 41.8 Å². The molecule has 2 aromatic rings. The van der Waals surface area contributed by atoms with E-state index in [2.05, 4.69) is 50.9 Å². The highest BCUT2D eigenvalue weighted by atomic mass is 14.7. The monoisotopic (exact) mass is 244 g/mol. The van der Waals surface area contributed by atoms with Crippen LogP contribution in [0.1, 0.15) is 43.5 Å². The normalized spacial score (nSPS) is 13.4. The van der Waals surface area contributed by atoms with Gasteiger partial charge in [0.2, 0.25) is 0 Å². The molecule has 1 unspecified atom stereocenters. The fourth-order valence-corrected chi connectivity index (χ4v) is 2.92. The van der Waals surface area contributed by atoms with Crippen LogP contribution in [-0.2, 0) is 6.42 Å². The number of para-hydroxylation sites is 1. The molecule has 98 valence electrons. The maximum atomic E-state index is 5.98. The molecule has 0 fully saturated rings. The lowest BCUT2D eigenvalue weighted by molar-refractivity contribution is 0.507. The summed E-state index contributed by atoms with van der Waals surface area (Å²) in [5.41, 5.74) is 11.4. The molecule has 0 saturated heterocycles. The number of nitrogens with one attached hydrogen (secondary N) is 1. The number of hydrogen-bond acceptors (Lipinski definition) is 1. The molecule has 2 heteroatoms. The van der Waals surface area contributed by atoms with E-state index < -0.39 is 0 Å². The van der Waals surface area contributed by atoms with Gasteiger partial charge in [0.1, 0.15) is 0 Å². The highest BCUT2D eigenvalue weighted by Gasteiger charge is 2.21. The molecule has 3 N–H and O–H groups in total. The van der Waals surface area contributed by atoms with E-state index in [1.165, 1.54) is 27.7 Å². The first-order chi connectivity index (χ1) is 8.60. The minimum Gasteiger partial charge on any atom is -0.358 e. The lowest BCUT2D eigenvalue weighted by Crippen LogP contribution is -2.18.